The zero-order valence-corrected chi connectivity index (χ0v) is 12.7. The van der Waals surface area contributed by atoms with Crippen molar-refractivity contribution in [3.05, 3.63) is 30.3 Å². The number of hydrogen-bond acceptors (Lipinski definition) is 4. The fourth-order valence-corrected chi connectivity index (χ4v) is 2.85. The first-order valence-corrected chi connectivity index (χ1v) is 7.44. The van der Waals surface area contributed by atoms with Gasteiger partial charge in [-0.25, -0.2) is 0 Å². The van der Waals surface area contributed by atoms with Crippen LogP contribution in [0.1, 0.15) is 13.3 Å². The van der Waals surface area contributed by atoms with E-state index in [1.165, 1.54) is 5.69 Å². The summed E-state index contributed by atoms with van der Waals surface area (Å²) < 4.78 is 5.23. The molecule has 0 amide bonds. The van der Waals surface area contributed by atoms with Crippen LogP contribution in [-0.4, -0.2) is 56.9 Å². The first kappa shape index (κ1) is 15.3. The molecule has 0 aromatic heterocycles. The number of piperazine rings is 1. The molecule has 4 heteroatoms. The summed E-state index contributed by atoms with van der Waals surface area (Å²) in [6, 6.07) is 10.6. The van der Waals surface area contributed by atoms with Crippen LogP contribution < -0.4 is 10.6 Å². The zero-order valence-electron chi connectivity index (χ0n) is 12.7. The van der Waals surface area contributed by atoms with E-state index in [4.69, 9.17) is 10.5 Å². The molecule has 1 atom stereocenters. The number of methoxy groups -OCH3 is 1. The lowest BCUT2D eigenvalue weighted by Crippen LogP contribution is -2.59. The van der Waals surface area contributed by atoms with Crippen LogP contribution in [-0.2, 0) is 4.74 Å². The van der Waals surface area contributed by atoms with Crippen molar-refractivity contribution in [1.29, 1.82) is 0 Å². The van der Waals surface area contributed by atoms with Gasteiger partial charge in [0.1, 0.15) is 0 Å². The number of nitrogens with zero attached hydrogens (tertiary/aromatic N) is 2. The van der Waals surface area contributed by atoms with Crippen LogP contribution in [0.4, 0.5) is 5.69 Å². The van der Waals surface area contributed by atoms with Crippen molar-refractivity contribution in [3.63, 3.8) is 0 Å². The van der Waals surface area contributed by atoms with E-state index >= 15 is 0 Å². The minimum Gasteiger partial charge on any atom is -0.385 e. The van der Waals surface area contributed by atoms with E-state index in [1.807, 2.05) is 0 Å². The SMILES string of the molecule is COCCC(C)(CN)N1CCN(c2ccccc2)CC1. The summed E-state index contributed by atoms with van der Waals surface area (Å²) >= 11 is 0. The Bertz CT molecular complexity index is 390. The molecule has 2 rings (SSSR count). The highest BCUT2D eigenvalue weighted by Crippen LogP contribution is 2.23. The molecule has 1 aromatic carbocycles. The number of benzene rings is 1. The Morgan fingerprint density at radius 1 is 1.15 bits per heavy atom. The molecule has 1 heterocycles. The van der Waals surface area contributed by atoms with Crippen LogP contribution >= 0.6 is 0 Å². The largest absolute Gasteiger partial charge is 0.385 e. The lowest BCUT2D eigenvalue weighted by Gasteiger charge is -2.46. The second kappa shape index (κ2) is 7.07. The van der Waals surface area contributed by atoms with Crippen LogP contribution in [0, 0.1) is 0 Å². The van der Waals surface area contributed by atoms with Crippen LogP contribution in [0.3, 0.4) is 0 Å². The third-order valence-corrected chi connectivity index (χ3v) is 4.45. The van der Waals surface area contributed by atoms with Crippen molar-refractivity contribution in [2.24, 2.45) is 5.73 Å². The molecule has 0 bridgehead atoms. The van der Waals surface area contributed by atoms with Crippen molar-refractivity contribution in [2.75, 3.05) is 51.3 Å². The maximum atomic E-state index is 6.01. The molecular formula is C16H27N3O. The lowest BCUT2D eigenvalue weighted by molar-refractivity contribution is 0.0638. The predicted octanol–water partition coefficient (Wildman–Crippen LogP) is 1.56. The fourth-order valence-electron chi connectivity index (χ4n) is 2.85. The predicted molar refractivity (Wildman–Crippen MR) is 84.2 cm³/mol. The van der Waals surface area contributed by atoms with Gasteiger partial charge in [0.25, 0.3) is 0 Å². The molecule has 1 aromatic rings. The second-order valence-electron chi connectivity index (χ2n) is 5.75. The summed E-state index contributed by atoms with van der Waals surface area (Å²) in [5.74, 6) is 0. The van der Waals surface area contributed by atoms with Crippen molar-refractivity contribution in [3.8, 4) is 0 Å². The van der Waals surface area contributed by atoms with Gasteiger partial charge in [0.2, 0.25) is 0 Å². The molecule has 112 valence electrons. The molecule has 1 unspecified atom stereocenters. The maximum Gasteiger partial charge on any atom is 0.0480 e. The third kappa shape index (κ3) is 3.51. The molecule has 1 aliphatic heterocycles. The minimum absolute atomic E-state index is 0.0544. The van der Waals surface area contributed by atoms with E-state index in [2.05, 4.69) is 47.1 Å². The molecule has 1 saturated heterocycles. The first-order chi connectivity index (χ1) is 9.69. The highest BCUT2D eigenvalue weighted by Gasteiger charge is 2.32. The monoisotopic (exact) mass is 277 g/mol. The summed E-state index contributed by atoms with van der Waals surface area (Å²) in [7, 11) is 1.75. The Hall–Kier alpha value is -1.10. The van der Waals surface area contributed by atoms with Crippen molar-refractivity contribution < 1.29 is 4.74 Å². The van der Waals surface area contributed by atoms with E-state index in [-0.39, 0.29) is 5.54 Å². The van der Waals surface area contributed by atoms with Gasteiger partial charge in [-0.2, -0.15) is 0 Å². The maximum absolute atomic E-state index is 6.01. The van der Waals surface area contributed by atoms with Gasteiger partial charge in [0.15, 0.2) is 0 Å². The van der Waals surface area contributed by atoms with Crippen LogP contribution in [0.15, 0.2) is 30.3 Å². The average molecular weight is 277 g/mol. The van der Waals surface area contributed by atoms with Gasteiger partial charge in [0.05, 0.1) is 0 Å². The van der Waals surface area contributed by atoms with Crippen molar-refractivity contribution in [1.82, 2.24) is 4.90 Å². The van der Waals surface area contributed by atoms with E-state index in [9.17, 15) is 0 Å². The molecule has 0 saturated carbocycles. The highest BCUT2D eigenvalue weighted by molar-refractivity contribution is 5.46. The summed E-state index contributed by atoms with van der Waals surface area (Å²) in [6.07, 6.45) is 0.991. The molecule has 0 spiro atoms. The van der Waals surface area contributed by atoms with Gasteiger partial charge >= 0.3 is 0 Å². The van der Waals surface area contributed by atoms with Gasteiger partial charge in [0, 0.05) is 57.7 Å². The number of nitrogens with two attached hydrogens (primary N) is 1. The Kier molecular flexibility index (Phi) is 5.40. The van der Waals surface area contributed by atoms with E-state index in [0.29, 0.717) is 6.54 Å². The van der Waals surface area contributed by atoms with Gasteiger partial charge in [-0.05, 0) is 25.5 Å². The quantitative estimate of drug-likeness (QED) is 0.857. The molecule has 4 nitrogen and oxygen atoms in total. The van der Waals surface area contributed by atoms with Crippen LogP contribution in [0.5, 0.6) is 0 Å². The Morgan fingerprint density at radius 2 is 1.80 bits per heavy atom. The molecule has 1 fully saturated rings. The molecule has 20 heavy (non-hydrogen) atoms. The van der Waals surface area contributed by atoms with Crippen molar-refractivity contribution in [2.45, 2.75) is 18.9 Å². The van der Waals surface area contributed by atoms with E-state index < -0.39 is 0 Å². The van der Waals surface area contributed by atoms with E-state index in [0.717, 1.165) is 39.2 Å². The smallest absolute Gasteiger partial charge is 0.0480 e. The Morgan fingerprint density at radius 3 is 2.35 bits per heavy atom. The van der Waals surface area contributed by atoms with Gasteiger partial charge < -0.3 is 15.4 Å². The summed E-state index contributed by atoms with van der Waals surface area (Å²) in [6.45, 7) is 7.95. The number of rotatable bonds is 6. The summed E-state index contributed by atoms with van der Waals surface area (Å²) in [5, 5.41) is 0. The third-order valence-electron chi connectivity index (χ3n) is 4.45. The number of ether oxygens (including phenoxy) is 1. The molecule has 0 aliphatic carbocycles. The number of anilines is 1. The number of para-hydroxylation sites is 1. The first-order valence-electron chi connectivity index (χ1n) is 7.44. The van der Waals surface area contributed by atoms with Crippen LogP contribution in [0.2, 0.25) is 0 Å². The highest BCUT2D eigenvalue weighted by atomic mass is 16.5. The standard InChI is InChI=1S/C16H27N3O/c1-16(14-17,8-13-20-2)19-11-9-18(10-12-19)15-6-4-3-5-7-15/h3-7H,8-14,17H2,1-2H3. The van der Waals surface area contributed by atoms with Gasteiger partial charge in [-0.3, -0.25) is 4.90 Å². The Labute approximate surface area is 122 Å². The molecular weight excluding hydrogens is 250 g/mol. The second-order valence-corrected chi connectivity index (χ2v) is 5.75. The minimum atomic E-state index is 0.0544. The molecule has 2 N–H and O–H groups in total. The van der Waals surface area contributed by atoms with E-state index in [1.54, 1.807) is 7.11 Å². The number of hydrogen-bond donors (Lipinski definition) is 1. The fraction of sp³-hybridized carbons (Fsp3) is 0.625. The normalized spacial score (nSPS) is 19.9. The zero-order chi connectivity index (χ0) is 14.4. The topological polar surface area (TPSA) is 41.7 Å². The Balaban J connectivity index is 1.93. The van der Waals surface area contributed by atoms with Crippen molar-refractivity contribution >= 4 is 5.69 Å². The summed E-state index contributed by atoms with van der Waals surface area (Å²) in [5.41, 5.74) is 7.39. The van der Waals surface area contributed by atoms with Gasteiger partial charge in [-0.15, -0.1) is 0 Å². The lowest BCUT2D eigenvalue weighted by atomic mass is 9.95. The van der Waals surface area contributed by atoms with Crippen LogP contribution in [0.25, 0.3) is 0 Å². The molecule has 1 aliphatic rings. The van der Waals surface area contributed by atoms with Gasteiger partial charge in [-0.1, -0.05) is 18.2 Å². The summed E-state index contributed by atoms with van der Waals surface area (Å²) in [4.78, 5) is 4.97. The average Bonchev–Trinajstić information content (AvgIpc) is 2.53. The molecule has 0 radical (unpaired) electrons.